The summed E-state index contributed by atoms with van der Waals surface area (Å²) in [6.45, 7) is 2.14. The van der Waals surface area contributed by atoms with Crippen LogP contribution in [0.4, 0.5) is 0 Å². The number of ether oxygens (including phenoxy) is 1. The minimum atomic E-state index is 0.351. The molecule has 0 spiro atoms. The van der Waals surface area contributed by atoms with Gasteiger partial charge in [0, 0.05) is 12.5 Å². The van der Waals surface area contributed by atoms with Crippen LogP contribution in [0.25, 0.3) is 0 Å². The fourth-order valence-electron chi connectivity index (χ4n) is 3.61. The van der Waals surface area contributed by atoms with E-state index in [-0.39, 0.29) is 0 Å². The summed E-state index contributed by atoms with van der Waals surface area (Å²) >= 11 is 0. The Morgan fingerprint density at radius 3 is 2.89 bits per heavy atom. The quantitative estimate of drug-likeness (QED) is 0.896. The maximum atomic E-state index is 6.33. The van der Waals surface area contributed by atoms with Crippen molar-refractivity contribution in [2.24, 2.45) is 11.7 Å². The number of aryl methyl sites for hydroxylation is 1. The molecule has 1 saturated carbocycles. The lowest BCUT2D eigenvalue weighted by molar-refractivity contribution is 0.208. The SMILES string of the molecule is Cc1ccc2c(c1)CC(CCC(N)C1CCCC1)O2. The molecule has 0 aromatic heterocycles. The third-order valence-electron chi connectivity index (χ3n) is 4.78. The summed E-state index contributed by atoms with van der Waals surface area (Å²) in [4.78, 5) is 0. The van der Waals surface area contributed by atoms with Gasteiger partial charge in [0.05, 0.1) is 0 Å². The van der Waals surface area contributed by atoms with Crippen LogP contribution in [0.1, 0.15) is 49.7 Å². The van der Waals surface area contributed by atoms with Crippen LogP contribution < -0.4 is 10.5 Å². The van der Waals surface area contributed by atoms with Gasteiger partial charge in [-0.3, -0.25) is 0 Å². The van der Waals surface area contributed by atoms with Crippen LogP contribution in [-0.2, 0) is 6.42 Å². The van der Waals surface area contributed by atoms with Crippen LogP contribution in [0, 0.1) is 12.8 Å². The summed E-state index contributed by atoms with van der Waals surface area (Å²) in [6.07, 6.45) is 9.07. The molecule has 104 valence electrons. The number of rotatable bonds is 4. The van der Waals surface area contributed by atoms with E-state index in [1.54, 1.807) is 0 Å². The highest BCUT2D eigenvalue weighted by Crippen LogP contribution is 2.33. The van der Waals surface area contributed by atoms with Crippen molar-refractivity contribution in [3.63, 3.8) is 0 Å². The predicted octanol–water partition coefficient (Wildman–Crippen LogP) is 3.60. The molecule has 2 aliphatic rings. The molecule has 3 rings (SSSR count). The second kappa shape index (κ2) is 5.54. The van der Waals surface area contributed by atoms with Crippen LogP contribution in [0.15, 0.2) is 18.2 Å². The van der Waals surface area contributed by atoms with Crippen LogP contribution in [0.5, 0.6) is 5.75 Å². The molecular weight excluding hydrogens is 234 g/mol. The van der Waals surface area contributed by atoms with E-state index in [2.05, 4.69) is 25.1 Å². The molecule has 2 heteroatoms. The lowest BCUT2D eigenvalue weighted by atomic mass is 9.93. The molecule has 1 heterocycles. The Bertz CT molecular complexity index is 437. The number of nitrogens with two attached hydrogens (primary N) is 1. The van der Waals surface area contributed by atoms with Crippen molar-refractivity contribution in [3.05, 3.63) is 29.3 Å². The highest BCUT2D eigenvalue weighted by Gasteiger charge is 2.26. The summed E-state index contributed by atoms with van der Waals surface area (Å²) in [6, 6.07) is 6.88. The van der Waals surface area contributed by atoms with Gasteiger partial charge in [-0.25, -0.2) is 0 Å². The highest BCUT2D eigenvalue weighted by atomic mass is 16.5. The monoisotopic (exact) mass is 259 g/mol. The predicted molar refractivity (Wildman–Crippen MR) is 78.5 cm³/mol. The molecular formula is C17H25NO. The van der Waals surface area contributed by atoms with Crippen molar-refractivity contribution in [3.8, 4) is 5.75 Å². The summed E-state index contributed by atoms with van der Waals surface area (Å²) in [7, 11) is 0. The topological polar surface area (TPSA) is 35.2 Å². The van der Waals surface area contributed by atoms with Crippen LogP contribution in [0.3, 0.4) is 0 Å². The second-order valence-corrected chi connectivity index (χ2v) is 6.34. The first-order valence-corrected chi connectivity index (χ1v) is 7.74. The minimum absolute atomic E-state index is 0.351. The first-order chi connectivity index (χ1) is 9.22. The van der Waals surface area contributed by atoms with Gasteiger partial charge in [0.1, 0.15) is 11.9 Å². The average Bonchev–Trinajstić information content (AvgIpc) is 3.04. The van der Waals surface area contributed by atoms with Gasteiger partial charge in [-0.2, -0.15) is 0 Å². The number of benzene rings is 1. The maximum absolute atomic E-state index is 6.33. The Balaban J connectivity index is 1.50. The Morgan fingerprint density at radius 1 is 1.32 bits per heavy atom. The molecule has 1 fully saturated rings. The van der Waals surface area contributed by atoms with Gasteiger partial charge in [0.15, 0.2) is 0 Å². The third kappa shape index (κ3) is 2.94. The number of hydrogen-bond acceptors (Lipinski definition) is 2. The second-order valence-electron chi connectivity index (χ2n) is 6.34. The van der Waals surface area contributed by atoms with Gasteiger partial charge in [-0.15, -0.1) is 0 Å². The molecule has 0 bridgehead atoms. The molecule has 0 saturated heterocycles. The van der Waals surface area contributed by atoms with Crippen LogP contribution in [0.2, 0.25) is 0 Å². The Hall–Kier alpha value is -1.02. The van der Waals surface area contributed by atoms with Crippen molar-refractivity contribution in [1.29, 1.82) is 0 Å². The zero-order valence-corrected chi connectivity index (χ0v) is 11.9. The summed E-state index contributed by atoms with van der Waals surface area (Å²) in [5, 5.41) is 0. The van der Waals surface area contributed by atoms with Gasteiger partial charge in [-0.1, -0.05) is 30.5 Å². The smallest absolute Gasteiger partial charge is 0.123 e. The largest absolute Gasteiger partial charge is 0.490 e. The van der Waals surface area contributed by atoms with Gasteiger partial charge >= 0.3 is 0 Å². The molecule has 19 heavy (non-hydrogen) atoms. The molecule has 2 atom stereocenters. The van der Waals surface area contributed by atoms with Gasteiger partial charge in [0.25, 0.3) is 0 Å². The first kappa shape index (κ1) is 13.0. The Labute approximate surface area is 116 Å². The van der Waals surface area contributed by atoms with E-state index in [0.29, 0.717) is 12.1 Å². The molecule has 1 aromatic rings. The van der Waals surface area contributed by atoms with E-state index in [1.807, 2.05) is 0 Å². The fourth-order valence-corrected chi connectivity index (χ4v) is 3.61. The third-order valence-corrected chi connectivity index (χ3v) is 4.78. The van der Waals surface area contributed by atoms with Crippen LogP contribution in [-0.4, -0.2) is 12.1 Å². The number of hydrogen-bond donors (Lipinski definition) is 1. The standard InChI is InChI=1S/C17H25NO/c1-12-6-9-17-14(10-12)11-15(19-17)7-8-16(18)13-4-2-3-5-13/h6,9-10,13,15-16H,2-5,7-8,11,18H2,1H3. The van der Waals surface area contributed by atoms with Crippen LogP contribution >= 0.6 is 0 Å². The minimum Gasteiger partial charge on any atom is -0.490 e. The molecule has 0 amide bonds. The van der Waals surface area contributed by atoms with Gasteiger partial charge < -0.3 is 10.5 Å². The van der Waals surface area contributed by atoms with Gasteiger partial charge in [-0.05, 0) is 50.2 Å². The fraction of sp³-hybridized carbons (Fsp3) is 0.647. The van der Waals surface area contributed by atoms with Crippen molar-refractivity contribution in [1.82, 2.24) is 0 Å². The van der Waals surface area contributed by atoms with Crippen molar-refractivity contribution in [2.75, 3.05) is 0 Å². The molecule has 2 nitrogen and oxygen atoms in total. The van der Waals surface area contributed by atoms with Crippen molar-refractivity contribution < 1.29 is 4.74 Å². The summed E-state index contributed by atoms with van der Waals surface area (Å²) in [5.41, 5.74) is 9.03. The lowest BCUT2D eigenvalue weighted by Gasteiger charge is -2.20. The van der Waals surface area contributed by atoms with E-state index in [0.717, 1.165) is 30.9 Å². The number of fused-ring (bicyclic) bond motifs is 1. The molecule has 0 radical (unpaired) electrons. The Morgan fingerprint density at radius 2 is 2.11 bits per heavy atom. The Kier molecular flexibility index (Phi) is 3.79. The van der Waals surface area contributed by atoms with E-state index >= 15 is 0 Å². The van der Waals surface area contributed by atoms with E-state index < -0.39 is 0 Å². The molecule has 2 N–H and O–H groups in total. The molecule has 1 aliphatic carbocycles. The maximum Gasteiger partial charge on any atom is 0.123 e. The van der Waals surface area contributed by atoms with Crippen molar-refractivity contribution >= 4 is 0 Å². The van der Waals surface area contributed by atoms with E-state index in [1.165, 1.54) is 36.8 Å². The normalized spacial score (nSPS) is 24.2. The average molecular weight is 259 g/mol. The van der Waals surface area contributed by atoms with Gasteiger partial charge in [0.2, 0.25) is 0 Å². The van der Waals surface area contributed by atoms with E-state index in [9.17, 15) is 0 Å². The highest BCUT2D eigenvalue weighted by molar-refractivity contribution is 5.40. The van der Waals surface area contributed by atoms with E-state index in [4.69, 9.17) is 10.5 Å². The van der Waals surface area contributed by atoms with Crippen molar-refractivity contribution in [2.45, 2.75) is 64.0 Å². The summed E-state index contributed by atoms with van der Waals surface area (Å²) < 4.78 is 6.02. The zero-order valence-electron chi connectivity index (χ0n) is 11.9. The summed E-state index contributed by atoms with van der Waals surface area (Å²) in [5.74, 6) is 1.86. The molecule has 1 aromatic carbocycles. The first-order valence-electron chi connectivity index (χ1n) is 7.74. The molecule has 1 aliphatic heterocycles. The molecule has 2 unspecified atom stereocenters. The lowest BCUT2D eigenvalue weighted by Crippen LogP contribution is -2.30. The zero-order chi connectivity index (χ0) is 13.2.